The summed E-state index contributed by atoms with van der Waals surface area (Å²) >= 11 is 0. The summed E-state index contributed by atoms with van der Waals surface area (Å²) in [5, 5.41) is 4.21. The van der Waals surface area contributed by atoms with E-state index in [0.717, 1.165) is 50.0 Å². The average Bonchev–Trinajstić information content (AvgIpc) is 3.24. The first-order valence-corrected chi connectivity index (χ1v) is 10.7. The quantitative estimate of drug-likeness (QED) is 0.850. The van der Waals surface area contributed by atoms with Crippen molar-refractivity contribution in [2.24, 2.45) is 11.8 Å². The highest BCUT2D eigenvalue weighted by atomic mass is 16.2. The number of hydrogen-bond donors (Lipinski definition) is 1. The molecule has 2 aromatic rings. The molecule has 0 unspecified atom stereocenters. The van der Waals surface area contributed by atoms with Gasteiger partial charge in [-0.3, -0.25) is 14.3 Å². The van der Waals surface area contributed by atoms with Crippen LogP contribution in [0.3, 0.4) is 0 Å². The van der Waals surface area contributed by atoms with Gasteiger partial charge in [-0.15, -0.1) is 0 Å². The lowest BCUT2D eigenvalue weighted by Gasteiger charge is -2.50. The number of nitrogens with zero attached hydrogens (tertiary/aromatic N) is 5. The van der Waals surface area contributed by atoms with Crippen LogP contribution in [0.1, 0.15) is 44.0 Å². The monoisotopic (exact) mass is 396 g/mol. The van der Waals surface area contributed by atoms with Gasteiger partial charge in [-0.1, -0.05) is 6.92 Å². The van der Waals surface area contributed by atoms with Crippen LogP contribution in [-0.2, 0) is 28.1 Å². The highest BCUT2D eigenvalue weighted by Crippen LogP contribution is 2.45. The number of piperidine rings is 1. The van der Waals surface area contributed by atoms with E-state index in [1.165, 1.54) is 0 Å². The van der Waals surface area contributed by atoms with Crippen LogP contribution in [0.5, 0.6) is 0 Å². The van der Waals surface area contributed by atoms with E-state index in [1.54, 1.807) is 17.2 Å². The third-order valence-corrected chi connectivity index (χ3v) is 6.80. The summed E-state index contributed by atoms with van der Waals surface area (Å²) in [7, 11) is 0. The van der Waals surface area contributed by atoms with Crippen molar-refractivity contribution < 1.29 is 9.59 Å². The van der Waals surface area contributed by atoms with E-state index in [4.69, 9.17) is 0 Å². The van der Waals surface area contributed by atoms with Crippen molar-refractivity contribution in [3.05, 3.63) is 36.2 Å². The molecule has 1 N–H and O–H groups in total. The number of likely N-dealkylation sites (tertiary alicyclic amines) is 1. The van der Waals surface area contributed by atoms with Gasteiger partial charge in [0.25, 0.3) is 0 Å². The number of fused-ring (bicyclic) bond motifs is 2. The molecule has 1 aliphatic carbocycles. The van der Waals surface area contributed by atoms with Gasteiger partial charge in [0, 0.05) is 50.1 Å². The van der Waals surface area contributed by atoms with Gasteiger partial charge in [-0.2, -0.15) is 5.10 Å². The number of nitrogens with one attached hydrogen (secondary N) is 1. The number of H-pyrrole nitrogens is 1. The van der Waals surface area contributed by atoms with Crippen molar-refractivity contribution in [1.82, 2.24) is 29.5 Å². The van der Waals surface area contributed by atoms with Crippen LogP contribution >= 0.6 is 0 Å². The Kier molecular flexibility index (Phi) is 4.44. The first-order valence-electron chi connectivity index (χ1n) is 10.7. The summed E-state index contributed by atoms with van der Waals surface area (Å²) in [6.45, 7) is 4.60. The largest absolute Gasteiger partial charge is 0.348 e. The fraction of sp³-hybridized carbons (Fsp3) is 0.619. The Morgan fingerprint density at radius 2 is 2.07 bits per heavy atom. The predicted octanol–water partition coefficient (Wildman–Crippen LogP) is 1.55. The third-order valence-electron chi connectivity index (χ3n) is 6.80. The maximum absolute atomic E-state index is 13.1. The van der Waals surface area contributed by atoms with Gasteiger partial charge in [0.2, 0.25) is 11.8 Å². The number of amides is 2. The average molecular weight is 396 g/mol. The van der Waals surface area contributed by atoms with E-state index in [9.17, 15) is 9.59 Å². The molecule has 5 rings (SSSR count). The van der Waals surface area contributed by atoms with Crippen molar-refractivity contribution in [1.29, 1.82) is 0 Å². The number of imidazole rings is 1. The van der Waals surface area contributed by atoms with E-state index in [-0.39, 0.29) is 29.2 Å². The second kappa shape index (κ2) is 7.00. The van der Waals surface area contributed by atoms with Crippen molar-refractivity contribution >= 4 is 11.8 Å². The van der Waals surface area contributed by atoms with Gasteiger partial charge in [0.05, 0.1) is 30.0 Å². The molecule has 1 saturated heterocycles. The number of rotatable bonds is 4. The summed E-state index contributed by atoms with van der Waals surface area (Å²) < 4.78 is 1.81. The molecule has 2 aliphatic heterocycles. The predicted molar refractivity (Wildman–Crippen MR) is 106 cm³/mol. The molecule has 0 bridgehead atoms. The molecule has 0 aromatic carbocycles. The van der Waals surface area contributed by atoms with Crippen LogP contribution in [0.2, 0.25) is 0 Å². The Bertz CT molecular complexity index is 892. The highest BCUT2D eigenvalue weighted by molar-refractivity contribution is 5.82. The fourth-order valence-electron chi connectivity index (χ4n) is 5.03. The molecule has 29 heavy (non-hydrogen) atoms. The second-order valence-electron chi connectivity index (χ2n) is 8.73. The summed E-state index contributed by atoms with van der Waals surface area (Å²) in [6, 6.07) is 1.87. The topological polar surface area (TPSA) is 87.1 Å². The molecule has 3 aliphatic rings. The molecule has 1 atom stereocenters. The number of aromatic nitrogens is 4. The lowest BCUT2D eigenvalue weighted by molar-refractivity contribution is -0.146. The van der Waals surface area contributed by atoms with E-state index in [2.05, 4.69) is 20.0 Å². The van der Waals surface area contributed by atoms with Gasteiger partial charge in [0.15, 0.2) is 0 Å². The fourth-order valence-corrected chi connectivity index (χ4v) is 5.03. The molecule has 8 nitrogen and oxygen atoms in total. The molecule has 2 aromatic heterocycles. The molecule has 0 radical (unpaired) electrons. The molecule has 154 valence electrons. The first kappa shape index (κ1) is 18.4. The van der Waals surface area contributed by atoms with Crippen LogP contribution in [0.4, 0.5) is 0 Å². The van der Waals surface area contributed by atoms with Crippen LogP contribution in [0, 0.1) is 11.8 Å². The maximum atomic E-state index is 13.1. The standard InChI is InChI=1S/C21H28N6O2/c1-15(13-26-9-2-8-24-26)19(28)25-11-6-21(7-12-25)18-17(22-14-23-18)5-10-27(21)20(29)16-3-4-16/h2,8-9,14-16H,3-7,10-13H2,1H3,(H,22,23)/t15-/m1/s1. The molecule has 2 fully saturated rings. The first-order chi connectivity index (χ1) is 14.1. The Morgan fingerprint density at radius 1 is 1.28 bits per heavy atom. The lowest BCUT2D eigenvalue weighted by atomic mass is 9.78. The Morgan fingerprint density at radius 3 is 2.76 bits per heavy atom. The Balaban J connectivity index is 1.33. The van der Waals surface area contributed by atoms with Crippen molar-refractivity contribution in [2.45, 2.75) is 51.1 Å². The van der Waals surface area contributed by atoms with Gasteiger partial charge in [-0.05, 0) is 31.7 Å². The molecular formula is C21H28N6O2. The zero-order valence-electron chi connectivity index (χ0n) is 16.9. The Labute approximate surface area is 170 Å². The van der Waals surface area contributed by atoms with Crippen LogP contribution in [0.25, 0.3) is 0 Å². The van der Waals surface area contributed by atoms with E-state index in [1.807, 2.05) is 24.1 Å². The van der Waals surface area contributed by atoms with E-state index in [0.29, 0.717) is 19.6 Å². The van der Waals surface area contributed by atoms with Crippen LogP contribution < -0.4 is 0 Å². The zero-order chi connectivity index (χ0) is 20.0. The molecule has 8 heteroatoms. The number of carbonyl (C=O) groups is 2. The second-order valence-corrected chi connectivity index (χ2v) is 8.73. The smallest absolute Gasteiger partial charge is 0.227 e. The van der Waals surface area contributed by atoms with Gasteiger partial charge in [0.1, 0.15) is 0 Å². The summed E-state index contributed by atoms with van der Waals surface area (Å²) in [5.74, 6) is 0.514. The number of carbonyl (C=O) groups excluding carboxylic acids is 2. The zero-order valence-corrected chi connectivity index (χ0v) is 16.9. The highest BCUT2D eigenvalue weighted by Gasteiger charge is 2.51. The van der Waals surface area contributed by atoms with E-state index < -0.39 is 0 Å². The molecule has 1 spiro atoms. The minimum absolute atomic E-state index is 0.125. The SMILES string of the molecule is C[C@H](Cn1cccn1)C(=O)N1CCC2(CC1)c1nc[nH]c1CCN2C(=O)C1CC1. The minimum atomic E-state index is -0.366. The summed E-state index contributed by atoms with van der Waals surface area (Å²) in [5.41, 5.74) is 1.81. The van der Waals surface area contributed by atoms with Gasteiger partial charge < -0.3 is 14.8 Å². The van der Waals surface area contributed by atoms with Crippen molar-refractivity contribution in [3.63, 3.8) is 0 Å². The van der Waals surface area contributed by atoms with E-state index >= 15 is 0 Å². The van der Waals surface area contributed by atoms with Gasteiger partial charge in [-0.25, -0.2) is 4.98 Å². The Hall–Kier alpha value is -2.64. The van der Waals surface area contributed by atoms with Crippen LogP contribution in [0.15, 0.2) is 24.8 Å². The minimum Gasteiger partial charge on any atom is -0.348 e. The molecule has 2 amide bonds. The third kappa shape index (κ3) is 3.14. The normalized spacial score (nSPS) is 21.8. The van der Waals surface area contributed by atoms with Crippen molar-refractivity contribution in [3.8, 4) is 0 Å². The maximum Gasteiger partial charge on any atom is 0.227 e. The molecular weight excluding hydrogens is 368 g/mol. The molecule has 1 saturated carbocycles. The molecule has 4 heterocycles. The van der Waals surface area contributed by atoms with Gasteiger partial charge >= 0.3 is 0 Å². The van der Waals surface area contributed by atoms with Crippen LogP contribution in [-0.4, -0.2) is 61.0 Å². The number of aromatic amines is 1. The summed E-state index contributed by atoms with van der Waals surface area (Å²) in [4.78, 5) is 38.0. The summed E-state index contributed by atoms with van der Waals surface area (Å²) in [6.07, 6.45) is 9.73. The van der Waals surface area contributed by atoms with Crippen molar-refractivity contribution in [2.75, 3.05) is 19.6 Å². The number of hydrogen-bond acceptors (Lipinski definition) is 4. The lowest BCUT2D eigenvalue weighted by Crippen LogP contribution is -2.59.